The minimum Gasteiger partial charge on any atom is -0.478 e. The molecule has 2 N–H and O–H groups in total. The number of benzene rings is 8. The first-order chi connectivity index (χ1) is 25.9. The van der Waals surface area contributed by atoms with Gasteiger partial charge in [0, 0.05) is 0 Å². The highest BCUT2D eigenvalue weighted by atomic mass is 16.5. The highest BCUT2D eigenvalue weighted by Gasteiger charge is 2.46. The molecular weight excluding hydrogens is 661 g/mol. The number of carboxylic acids is 2. The van der Waals surface area contributed by atoms with Gasteiger partial charge in [-0.15, -0.1) is 0 Å². The van der Waals surface area contributed by atoms with Crippen LogP contribution in [-0.4, -0.2) is 22.2 Å². The minimum atomic E-state index is -1.04. The molecule has 0 radical (unpaired) electrons. The fourth-order valence-electron chi connectivity index (χ4n) is 7.78. The molecule has 0 amide bonds. The molecule has 0 atom stereocenters. The molecule has 0 saturated carbocycles. The van der Waals surface area contributed by atoms with Gasteiger partial charge >= 0.3 is 11.9 Å². The van der Waals surface area contributed by atoms with Crippen molar-refractivity contribution in [1.82, 2.24) is 0 Å². The van der Waals surface area contributed by atoms with Crippen LogP contribution in [0.4, 0.5) is 0 Å². The number of fused-ring (bicyclic) bond motifs is 5. The monoisotopic (exact) mass is 690 g/mol. The summed E-state index contributed by atoms with van der Waals surface area (Å²) < 4.78 is 12.1. The first kappa shape index (κ1) is 31.8. The lowest BCUT2D eigenvalue weighted by Gasteiger charge is -2.34. The van der Waals surface area contributed by atoms with Gasteiger partial charge in [-0.05, 0) is 116 Å². The van der Waals surface area contributed by atoms with E-state index in [2.05, 4.69) is 84.9 Å². The number of carbonyl (C=O) groups is 2. The zero-order valence-electron chi connectivity index (χ0n) is 28.2. The van der Waals surface area contributed by atoms with Crippen LogP contribution < -0.4 is 9.47 Å². The van der Waals surface area contributed by atoms with Crippen molar-refractivity contribution < 1.29 is 29.3 Å². The van der Waals surface area contributed by atoms with Crippen molar-refractivity contribution in [1.29, 1.82) is 0 Å². The van der Waals surface area contributed by atoms with E-state index in [1.807, 2.05) is 36.4 Å². The second-order valence-electron chi connectivity index (χ2n) is 13.1. The van der Waals surface area contributed by atoms with Crippen molar-refractivity contribution in [2.75, 3.05) is 0 Å². The van der Waals surface area contributed by atoms with E-state index < -0.39 is 17.4 Å². The molecule has 8 aromatic carbocycles. The van der Waals surface area contributed by atoms with Crippen LogP contribution in [0.1, 0.15) is 43.0 Å². The maximum atomic E-state index is 11.8. The number of carboxylic acid groups (broad SMARTS) is 2. The van der Waals surface area contributed by atoms with Crippen LogP contribution in [0.3, 0.4) is 0 Å². The Hall–Kier alpha value is -7.18. The lowest BCUT2D eigenvalue weighted by atomic mass is 9.67. The van der Waals surface area contributed by atoms with E-state index in [9.17, 15) is 19.8 Å². The van der Waals surface area contributed by atoms with Crippen molar-refractivity contribution in [2.45, 2.75) is 5.41 Å². The largest absolute Gasteiger partial charge is 0.478 e. The van der Waals surface area contributed by atoms with Gasteiger partial charge in [-0.2, -0.15) is 0 Å². The minimum absolute atomic E-state index is 0.103. The van der Waals surface area contributed by atoms with Gasteiger partial charge < -0.3 is 19.7 Å². The maximum absolute atomic E-state index is 11.8. The summed E-state index contributed by atoms with van der Waals surface area (Å²) in [6.45, 7) is 0. The second-order valence-corrected chi connectivity index (χ2v) is 13.1. The molecule has 8 aromatic rings. The van der Waals surface area contributed by atoms with Crippen molar-refractivity contribution in [2.24, 2.45) is 0 Å². The van der Waals surface area contributed by atoms with E-state index in [4.69, 9.17) is 9.47 Å². The number of hydrogen-bond donors (Lipinski definition) is 2. The van der Waals surface area contributed by atoms with E-state index in [-0.39, 0.29) is 22.6 Å². The Bertz CT molecular complexity index is 2570. The third-order valence-electron chi connectivity index (χ3n) is 10.1. The van der Waals surface area contributed by atoms with Crippen LogP contribution in [0.15, 0.2) is 170 Å². The average Bonchev–Trinajstić information content (AvgIpc) is 3.49. The van der Waals surface area contributed by atoms with Gasteiger partial charge in [-0.1, -0.05) is 109 Å². The molecule has 0 aromatic heterocycles. The predicted octanol–water partition coefficient (Wildman–Crippen LogP) is 11.3. The van der Waals surface area contributed by atoms with Crippen molar-refractivity contribution in [3.05, 3.63) is 203 Å². The normalized spacial score (nSPS) is 12.6. The first-order valence-corrected chi connectivity index (χ1v) is 17.2. The quantitative estimate of drug-likeness (QED) is 0.165. The van der Waals surface area contributed by atoms with Crippen LogP contribution in [0, 0.1) is 0 Å². The molecule has 53 heavy (non-hydrogen) atoms. The zero-order valence-corrected chi connectivity index (χ0v) is 28.2. The molecule has 1 aliphatic carbocycles. The number of hydrogen-bond acceptors (Lipinski definition) is 4. The Balaban J connectivity index is 1.17. The van der Waals surface area contributed by atoms with Crippen LogP contribution in [0.5, 0.6) is 23.0 Å². The van der Waals surface area contributed by atoms with Crippen LogP contribution >= 0.6 is 0 Å². The Morgan fingerprint density at radius 2 is 0.792 bits per heavy atom. The number of para-hydroxylation sites is 2. The van der Waals surface area contributed by atoms with Crippen LogP contribution in [0.25, 0.3) is 32.7 Å². The molecule has 9 rings (SSSR count). The summed E-state index contributed by atoms with van der Waals surface area (Å²) in [4.78, 5) is 23.6. The molecule has 0 aliphatic heterocycles. The van der Waals surface area contributed by atoms with E-state index in [0.29, 0.717) is 11.5 Å². The summed E-state index contributed by atoms with van der Waals surface area (Å²) in [6, 6.07) is 55.1. The van der Waals surface area contributed by atoms with Crippen molar-refractivity contribution >= 4 is 33.5 Å². The molecule has 0 saturated heterocycles. The second kappa shape index (κ2) is 12.5. The van der Waals surface area contributed by atoms with Crippen LogP contribution in [-0.2, 0) is 5.41 Å². The Morgan fingerprint density at radius 1 is 0.415 bits per heavy atom. The summed E-state index contributed by atoms with van der Waals surface area (Å²) in [7, 11) is 0. The fourth-order valence-corrected chi connectivity index (χ4v) is 7.78. The maximum Gasteiger partial charge on any atom is 0.339 e. The number of aromatic carboxylic acids is 2. The molecule has 6 heteroatoms. The van der Waals surface area contributed by atoms with Gasteiger partial charge in [-0.3, -0.25) is 0 Å². The highest BCUT2D eigenvalue weighted by molar-refractivity contribution is 5.94. The Kier molecular flexibility index (Phi) is 7.52. The Morgan fingerprint density at radius 3 is 1.25 bits per heavy atom. The van der Waals surface area contributed by atoms with Gasteiger partial charge in [0.15, 0.2) is 0 Å². The lowest BCUT2D eigenvalue weighted by molar-refractivity contribution is 0.0683. The van der Waals surface area contributed by atoms with Gasteiger partial charge in [0.25, 0.3) is 0 Å². The van der Waals surface area contributed by atoms with Gasteiger partial charge in [0.1, 0.15) is 34.1 Å². The smallest absolute Gasteiger partial charge is 0.339 e. The molecule has 254 valence electrons. The topological polar surface area (TPSA) is 93.1 Å². The average molecular weight is 691 g/mol. The van der Waals surface area contributed by atoms with E-state index in [0.717, 1.165) is 32.7 Å². The summed E-state index contributed by atoms with van der Waals surface area (Å²) in [5, 5.41) is 23.3. The third kappa shape index (κ3) is 5.27. The summed E-state index contributed by atoms with van der Waals surface area (Å²) >= 11 is 0. The number of rotatable bonds is 8. The SMILES string of the molecule is O=C(O)c1ccccc1Oc1ccc2cc(C3(c4ccc5cc(Oc6ccccc6C(=O)O)ccc5c4)c4ccccc4-c4ccccc43)ccc2c1. The van der Waals surface area contributed by atoms with Crippen molar-refractivity contribution in [3.8, 4) is 34.1 Å². The fraction of sp³-hybridized carbons (Fsp3) is 0.0213. The van der Waals surface area contributed by atoms with E-state index >= 15 is 0 Å². The van der Waals surface area contributed by atoms with E-state index in [1.54, 1.807) is 36.4 Å². The molecule has 1 aliphatic rings. The molecular formula is C47H30O6. The summed E-state index contributed by atoms with van der Waals surface area (Å²) in [5.74, 6) is -0.415. The third-order valence-corrected chi connectivity index (χ3v) is 10.1. The van der Waals surface area contributed by atoms with Crippen LogP contribution in [0.2, 0.25) is 0 Å². The van der Waals surface area contributed by atoms with Gasteiger partial charge in [0.2, 0.25) is 0 Å². The van der Waals surface area contributed by atoms with Crippen molar-refractivity contribution in [3.63, 3.8) is 0 Å². The Labute approximate surface area is 304 Å². The predicted molar refractivity (Wildman–Crippen MR) is 206 cm³/mol. The standard InChI is InChI=1S/C47H30O6/c48-45(49)39-11-3-7-15-43(39)52-35-23-19-29-25-33(21-17-31(29)27-35)47(41-13-5-1-9-37(41)38-10-2-6-14-42(38)47)34-22-18-32-28-36(24-20-30(32)26-34)53-44-16-8-4-12-40(44)46(50)51/h1-28H,(H,48,49)(H,50,51). The van der Waals surface area contributed by atoms with Gasteiger partial charge in [0.05, 0.1) is 5.41 Å². The van der Waals surface area contributed by atoms with Gasteiger partial charge in [-0.25, -0.2) is 9.59 Å². The molecule has 0 unspecified atom stereocenters. The molecule has 0 fully saturated rings. The summed E-state index contributed by atoms with van der Waals surface area (Å²) in [6.07, 6.45) is 0. The summed E-state index contributed by atoms with van der Waals surface area (Å²) in [5.41, 5.74) is 6.53. The molecule has 0 heterocycles. The molecule has 0 spiro atoms. The molecule has 0 bridgehead atoms. The first-order valence-electron chi connectivity index (χ1n) is 17.2. The zero-order chi connectivity index (χ0) is 36.1. The molecule has 6 nitrogen and oxygen atoms in total. The van der Waals surface area contributed by atoms with E-state index in [1.165, 1.54) is 34.4 Å². The highest BCUT2D eigenvalue weighted by Crippen LogP contribution is 2.56. The lowest BCUT2D eigenvalue weighted by Crippen LogP contribution is -2.28. The number of ether oxygens (including phenoxy) is 2.